The third-order valence-electron chi connectivity index (χ3n) is 1.16. The molecule has 0 aromatic heterocycles. The van der Waals surface area contributed by atoms with Gasteiger partial charge in [-0.3, -0.25) is 0 Å². The smallest absolute Gasteiger partial charge is 1.00 e. The van der Waals surface area contributed by atoms with Crippen LogP contribution in [-0.2, 0) is 4.74 Å². The molecule has 0 aromatic rings. The summed E-state index contributed by atoms with van der Waals surface area (Å²) in [6, 6.07) is 0. The fraction of sp³-hybridized carbons (Fsp3) is 0.857. The molecule has 3 heteroatoms. The van der Waals surface area contributed by atoms with Crippen LogP contribution in [0.5, 0.6) is 0 Å². The minimum atomic E-state index is 0. The second-order valence-electron chi connectivity index (χ2n) is 1.82. The Morgan fingerprint density at radius 3 is 2.00 bits per heavy atom. The Morgan fingerprint density at radius 2 is 1.90 bits per heavy atom. The van der Waals surface area contributed by atoms with E-state index in [2.05, 4.69) is 13.8 Å². The summed E-state index contributed by atoms with van der Waals surface area (Å²) in [7, 11) is 0. The zero-order valence-electron chi connectivity index (χ0n) is 6.90. The molecule has 0 N–H and O–H groups in total. The van der Waals surface area contributed by atoms with Gasteiger partial charge in [0.2, 0.25) is 0 Å². The van der Waals surface area contributed by atoms with Gasteiger partial charge < -0.3 is 28.6 Å². The number of ether oxygens (including phenoxy) is 1. The molecule has 0 saturated carbocycles. The van der Waals surface area contributed by atoms with Gasteiger partial charge in [-0.15, -0.1) is 0 Å². The summed E-state index contributed by atoms with van der Waals surface area (Å²) >= 11 is 0. The molecule has 1 fully saturated rings. The Labute approximate surface area is 90.8 Å². The van der Waals surface area contributed by atoms with Crippen LogP contribution in [0.15, 0.2) is 0 Å². The summed E-state index contributed by atoms with van der Waals surface area (Å²) in [5.74, 6) is 0. The van der Waals surface area contributed by atoms with Gasteiger partial charge in [0.1, 0.15) is 0 Å². The van der Waals surface area contributed by atoms with Crippen LogP contribution < -0.4 is 17.0 Å². The van der Waals surface area contributed by atoms with E-state index in [1.807, 2.05) is 0 Å². The van der Waals surface area contributed by atoms with E-state index in [1.165, 1.54) is 12.8 Å². The number of hydrogen-bond donors (Lipinski definition) is 0. The van der Waals surface area contributed by atoms with Gasteiger partial charge in [-0.1, -0.05) is 0 Å². The number of hydrogen-bond acceptors (Lipinski definition) is 1. The summed E-state index contributed by atoms with van der Waals surface area (Å²) in [4.78, 5) is 0. The average Bonchev–Trinajstić information content (AvgIpc) is 2.24. The maximum absolute atomic E-state index is 5.15. The second-order valence-corrected chi connectivity index (χ2v) is 1.82. The van der Waals surface area contributed by atoms with Crippen LogP contribution in [0, 0.1) is 6.92 Å². The molecule has 1 aliphatic heterocycles. The van der Waals surface area contributed by atoms with E-state index in [-0.39, 0.29) is 40.0 Å². The van der Waals surface area contributed by atoms with Crippen molar-refractivity contribution in [2.45, 2.75) is 32.8 Å². The molecular formula is C7H15BrMgO. The standard InChI is InChI=1S/C5H10O.C2H5.BrH.Mg/c1-5-3-2-4-6-5;1-2;;/h5H,2-4H2,1H3;1H2,2H3;1H;/q;-1;;+2/p-1. The van der Waals surface area contributed by atoms with Crippen molar-refractivity contribution in [1.29, 1.82) is 0 Å². The maximum Gasteiger partial charge on any atom is 2.00 e. The molecule has 10 heavy (non-hydrogen) atoms. The predicted molar refractivity (Wildman–Crippen MR) is 41.4 cm³/mol. The topological polar surface area (TPSA) is 9.23 Å². The van der Waals surface area contributed by atoms with E-state index >= 15 is 0 Å². The molecule has 58 valence electrons. The predicted octanol–water partition coefficient (Wildman–Crippen LogP) is -1.35. The quantitative estimate of drug-likeness (QED) is 0.362. The van der Waals surface area contributed by atoms with Crippen LogP contribution in [0.25, 0.3) is 0 Å². The molecule has 0 aliphatic carbocycles. The first-order valence-electron chi connectivity index (χ1n) is 3.22. The van der Waals surface area contributed by atoms with Gasteiger partial charge in [0.05, 0.1) is 6.10 Å². The Bertz CT molecular complexity index is 46.9. The van der Waals surface area contributed by atoms with Gasteiger partial charge in [-0.2, -0.15) is 6.92 Å². The Balaban J connectivity index is -0.000000114. The van der Waals surface area contributed by atoms with Gasteiger partial charge in [0.25, 0.3) is 0 Å². The van der Waals surface area contributed by atoms with Crippen molar-refractivity contribution >= 4 is 23.1 Å². The van der Waals surface area contributed by atoms with E-state index in [0.29, 0.717) is 6.10 Å². The van der Waals surface area contributed by atoms with Crippen LogP contribution in [0.1, 0.15) is 26.7 Å². The van der Waals surface area contributed by atoms with E-state index < -0.39 is 0 Å². The van der Waals surface area contributed by atoms with Gasteiger partial charge >= 0.3 is 23.1 Å². The van der Waals surface area contributed by atoms with E-state index in [4.69, 9.17) is 4.74 Å². The third-order valence-corrected chi connectivity index (χ3v) is 1.16. The van der Waals surface area contributed by atoms with Crippen molar-refractivity contribution < 1.29 is 21.7 Å². The first kappa shape index (κ1) is 17.3. The van der Waals surface area contributed by atoms with Crippen molar-refractivity contribution in [2.24, 2.45) is 0 Å². The molecule has 0 aromatic carbocycles. The minimum absolute atomic E-state index is 0. The molecule has 0 amide bonds. The zero-order chi connectivity index (χ0) is 6.41. The van der Waals surface area contributed by atoms with E-state index in [1.54, 1.807) is 6.92 Å². The van der Waals surface area contributed by atoms with Gasteiger partial charge in [0.15, 0.2) is 0 Å². The monoisotopic (exact) mass is 218 g/mol. The molecule has 1 heterocycles. The normalized spacial score (nSPS) is 21.3. The van der Waals surface area contributed by atoms with Gasteiger partial charge in [-0.05, 0) is 19.8 Å². The average molecular weight is 219 g/mol. The molecule has 0 radical (unpaired) electrons. The van der Waals surface area contributed by atoms with Crippen molar-refractivity contribution in [3.63, 3.8) is 0 Å². The Kier molecular flexibility index (Phi) is 22.3. The summed E-state index contributed by atoms with van der Waals surface area (Å²) in [6.07, 6.45) is 3.08. The van der Waals surface area contributed by atoms with Crippen LogP contribution in [0.4, 0.5) is 0 Å². The molecule has 1 atom stereocenters. The first-order valence-corrected chi connectivity index (χ1v) is 3.22. The minimum Gasteiger partial charge on any atom is -1.00 e. The second kappa shape index (κ2) is 12.8. The van der Waals surface area contributed by atoms with E-state index in [0.717, 1.165) is 6.61 Å². The SMILES string of the molecule is CC1CCCO1.[Br-].[CH2-]C.[Mg+2]. The van der Waals surface area contributed by atoms with E-state index in [9.17, 15) is 0 Å². The fourth-order valence-electron chi connectivity index (χ4n) is 0.739. The van der Waals surface area contributed by atoms with Crippen molar-refractivity contribution in [3.8, 4) is 0 Å². The summed E-state index contributed by atoms with van der Waals surface area (Å²) in [5.41, 5.74) is 0. The van der Waals surface area contributed by atoms with Gasteiger partial charge in [-0.25, -0.2) is 0 Å². The summed E-state index contributed by atoms with van der Waals surface area (Å²) < 4.78 is 5.15. The number of halogens is 1. The fourth-order valence-corrected chi connectivity index (χ4v) is 0.739. The Hall–Kier alpha value is 1.21. The van der Waals surface area contributed by atoms with Crippen molar-refractivity contribution in [1.82, 2.24) is 0 Å². The molecule has 0 bridgehead atoms. The molecule has 1 saturated heterocycles. The van der Waals surface area contributed by atoms with Crippen molar-refractivity contribution in [3.05, 3.63) is 6.92 Å². The zero-order valence-corrected chi connectivity index (χ0v) is 9.90. The molecule has 1 aliphatic rings. The maximum atomic E-state index is 5.15. The third kappa shape index (κ3) is 9.21. The largest absolute Gasteiger partial charge is 2.00 e. The van der Waals surface area contributed by atoms with Crippen LogP contribution >= 0.6 is 0 Å². The molecule has 0 spiro atoms. The Morgan fingerprint density at radius 1 is 1.40 bits per heavy atom. The number of rotatable bonds is 0. The van der Waals surface area contributed by atoms with Gasteiger partial charge in [0, 0.05) is 6.61 Å². The van der Waals surface area contributed by atoms with Crippen molar-refractivity contribution in [2.75, 3.05) is 6.61 Å². The molecular weight excluding hydrogens is 204 g/mol. The summed E-state index contributed by atoms with van der Waals surface area (Å²) in [6.45, 7) is 8.11. The molecule has 1 rings (SSSR count). The molecule has 1 unspecified atom stereocenters. The van der Waals surface area contributed by atoms with Crippen LogP contribution in [0.3, 0.4) is 0 Å². The van der Waals surface area contributed by atoms with Crippen LogP contribution in [-0.4, -0.2) is 35.8 Å². The summed E-state index contributed by atoms with van der Waals surface area (Å²) in [5, 5.41) is 0. The first-order chi connectivity index (χ1) is 3.89. The van der Waals surface area contributed by atoms with Crippen LogP contribution in [0.2, 0.25) is 0 Å². The molecule has 1 nitrogen and oxygen atoms in total.